The Kier molecular flexibility index (Phi) is 4.04. The van der Waals surface area contributed by atoms with E-state index >= 15 is 0 Å². The molecule has 1 atom stereocenters. The highest BCUT2D eigenvalue weighted by atomic mass is 32.2. The third-order valence-corrected chi connectivity index (χ3v) is 3.42. The van der Waals surface area contributed by atoms with E-state index in [1.54, 1.807) is 6.92 Å². The topological polar surface area (TPSA) is 64.9 Å². The van der Waals surface area contributed by atoms with Gasteiger partial charge in [-0.1, -0.05) is 17.7 Å². The van der Waals surface area contributed by atoms with Crippen molar-refractivity contribution in [3.63, 3.8) is 0 Å². The van der Waals surface area contributed by atoms with E-state index in [1.807, 2.05) is 6.92 Å². The van der Waals surface area contributed by atoms with Crippen molar-refractivity contribution >= 4 is 11.8 Å². The molecule has 4 nitrogen and oxygen atoms in total. The maximum absolute atomic E-state index is 5.88. The van der Waals surface area contributed by atoms with Gasteiger partial charge in [0.2, 0.25) is 5.89 Å². The van der Waals surface area contributed by atoms with Gasteiger partial charge < -0.3 is 10.2 Å². The number of nitrogens with two attached hydrogens (primary N) is 1. The average molecular weight is 263 g/mol. The summed E-state index contributed by atoms with van der Waals surface area (Å²) in [6.45, 7) is 5.87. The molecule has 1 aromatic heterocycles. The van der Waals surface area contributed by atoms with Gasteiger partial charge in [-0.05, 0) is 43.7 Å². The fourth-order valence-electron chi connectivity index (χ4n) is 1.73. The summed E-state index contributed by atoms with van der Waals surface area (Å²) in [7, 11) is 0. The van der Waals surface area contributed by atoms with Gasteiger partial charge in [-0.2, -0.15) is 0 Å². The Morgan fingerprint density at radius 2 is 2.11 bits per heavy atom. The Balaban J connectivity index is 2.26. The Labute approximate surface area is 111 Å². The summed E-state index contributed by atoms with van der Waals surface area (Å²) < 4.78 is 5.39. The van der Waals surface area contributed by atoms with E-state index in [-0.39, 0.29) is 6.04 Å². The van der Waals surface area contributed by atoms with Gasteiger partial charge in [0.15, 0.2) is 0 Å². The highest BCUT2D eigenvalue weighted by molar-refractivity contribution is 7.99. The summed E-state index contributed by atoms with van der Waals surface area (Å²) >= 11 is 1.49. The molecule has 2 aromatic rings. The molecule has 0 bridgehead atoms. The quantitative estimate of drug-likeness (QED) is 0.918. The summed E-state index contributed by atoms with van der Waals surface area (Å²) in [6, 6.07) is 6.46. The van der Waals surface area contributed by atoms with Crippen LogP contribution in [0.15, 0.2) is 32.7 Å². The van der Waals surface area contributed by atoms with Crippen molar-refractivity contribution in [2.75, 3.05) is 0 Å². The standard InChI is InChI=1S/C13H17N3OS/c1-8-4-5-12(11(6-8)7-9(2)14)18-13-16-15-10(3)17-13/h4-6,9H,7,14H2,1-3H3. The monoisotopic (exact) mass is 263 g/mol. The lowest BCUT2D eigenvalue weighted by atomic mass is 10.1. The van der Waals surface area contributed by atoms with E-state index in [2.05, 4.69) is 35.3 Å². The minimum absolute atomic E-state index is 0.135. The number of benzene rings is 1. The van der Waals surface area contributed by atoms with Crippen molar-refractivity contribution in [3.8, 4) is 0 Å². The lowest BCUT2D eigenvalue weighted by molar-refractivity contribution is 0.429. The largest absolute Gasteiger partial charge is 0.416 e. The molecule has 0 saturated heterocycles. The molecule has 0 amide bonds. The number of rotatable bonds is 4. The molecule has 0 aliphatic heterocycles. The second kappa shape index (κ2) is 5.54. The first-order chi connectivity index (χ1) is 8.54. The normalized spacial score (nSPS) is 12.7. The second-order valence-corrected chi connectivity index (χ2v) is 5.47. The van der Waals surface area contributed by atoms with Gasteiger partial charge in [-0.15, -0.1) is 10.2 Å². The number of hydrogen-bond donors (Lipinski definition) is 1. The van der Waals surface area contributed by atoms with Crippen LogP contribution in [0.3, 0.4) is 0 Å². The highest BCUT2D eigenvalue weighted by Gasteiger charge is 2.10. The van der Waals surface area contributed by atoms with E-state index < -0.39 is 0 Å². The molecule has 0 aliphatic rings. The van der Waals surface area contributed by atoms with Crippen LogP contribution < -0.4 is 5.73 Å². The molecule has 1 aromatic carbocycles. The first kappa shape index (κ1) is 13.1. The van der Waals surface area contributed by atoms with E-state index in [1.165, 1.54) is 22.9 Å². The lowest BCUT2D eigenvalue weighted by Gasteiger charge is -2.10. The van der Waals surface area contributed by atoms with Gasteiger partial charge in [0.1, 0.15) is 0 Å². The summed E-state index contributed by atoms with van der Waals surface area (Å²) in [6.07, 6.45) is 0.844. The van der Waals surface area contributed by atoms with Crippen LogP contribution in [0.2, 0.25) is 0 Å². The van der Waals surface area contributed by atoms with Crippen molar-refractivity contribution < 1.29 is 4.42 Å². The van der Waals surface area contributed by atoms with Gasteiger partial charge in [-0.25, -0.2) is 0 Å². The minimum Gasteiger partial charge on any atom is -0.416 e. The fraction of sp³-hybridized carbons (Fsp3) is 0.385. The van der Waals surface area contributed by atoms with Crippen molar-refractivity contribution in [1.29, 1.82) is 0 Å². The van der Waals surface area contributed by atoms with Crippen molar-refractivity contribution in [1.82, 2.24) is 10.2 Å². The van der Waals surface area contributed by atoms with Gasteiger partial charge in [0, 0.05) is 17.9 Å². The molecule has 0 saturated carbocycles. The van der Waals surface area contributed by atoms with E-state index in [0.29, 0.717) is 11.1 Å². The molecule has 0 spiro atoms. The van der Waals surface area contributed by atoms with E-state index in [9.17, 15) is 0 Å². The maximum atomic E-state index is 5.88. The number of hydrogen-bond acceptors (Lipinski definition) is 5. The smallest absolute Gasteiger partial charge is 0.281 e. The summed E-state index contributed by atoms with van der Waals surface area (Å²) in [5, 5.41) is 8.40. The van der Waals surface area contributed by atoms with E-state index in [4.69, 9.17) is 10.2 Å². The van der Waals surface area contributed by atoms with Crippen LogP contribution in [0.5, 0.6) is 0 Å². The maximum Gasteiger partial charge on any atom is 0.281 e. The van der Waals surface area contributed by atoms with Crippen LogP contribution in [-0.4, -0.2) is 16.2 Å². The van der Waals surface area contributed by atoms with Crippen LogP contribution >= 0.6 is 11.8 Å². The molecular formula is C13H17N3OS. The second-order valence-electron chi connectivity index (χ2n) is 4.48. The zero-order valence-electron chi connectivity index (χ0n) is 10.8. The molecular weight excluding hydrogens is 246 g/mol. The molecule has 18 heavy (non-hydrogen) atoms. The molecule has 5 heteroatoms. The summed E-state index contributed by atoms with van der Waals surface area (Å²) in [5.41, 5.74) is 8.34. The van der Waals surface area contributed by atoms with Crippen molar-refractivity contribution in [2.24, 2.45) is 5.73 Å². The molecule has 1 unspecified atom stereocenters. The molecule has 0 fully saturated rings. The molecule has 96 valence electrons. The van der Waals surface area contributed by atoms with Gasteiger partial charge >= 0.3 is 0 Å². The Morgan fingerprint density at radius 3 is 2.72 bits per heavy atom. The molecule has 0 aliphatic carbocycles. The number of aromatic nitrogens is 2. The van der Waals surface area contributed by atoms with Crippen LogP contribution in [0, 0.1) is 13.8 Å². The zero-order valence-corrected chi connectivity index (χ0v) is 11.6. The molecule has 1 heterocycles. The Morgan fingerprint density at radius 1 is 1.33 bits per heavy atom. The Bertz CT molecular complexity index is 537. The first-order valence-electron chi connectivity index (χ1n) is 5.87. The lowest BCUT2D eigenvalue weighted by Crippen LogP contribution is -2.18. The van der Waals surface area contributed by atoms with Crippen LogP contribution in [-0.2, 0) is 6.42 Å². The third-order valence-electron chi connectivity index (χ3n) is 2.46. The minimum atomic E-state index is 0.135. The van der Waals surface area contributed by atoms with Crippen LogP contribution in [0.4, 0.5) is 0 Å². The third kappa shape index (κ3) is 3.34. The number of aryl methyl sites for hydroxylation is 2. The van der Waals surface area contributed by atoms with Gasteiger partial charge in [0.25, 0.3) is 5.22 Å². The fourth-order valence-corrected chi connectivity index (χ4v) is 2.57. The molecule has 2 rings (SSSR count). The van der Waals surface area contributed by atoms with E-state index in [0.717, 1.165) is 11.3 Å². The zero-order chi connectivity index (χ0) is 13.1. The first-order valence-corrected chi connectivity index (χ1v) is 6.69. The van der Waals surface area contributed by atoms with Crippen LogP contribution in [0.25, 0.3) is 0 Å². The Hall–Kier alpha value is -1.33. The number of nitrogens with zero attached hydrogens (tertiary/aromatic N) is 2. The predicted octanol–water partition coefficient (Wildman–Crippen LogP) is 2.73. The van der Waals surface area contributed by atoms with Crippen molar-refractivity contribution in [3.05, 3.63) is 35.2 Å². The molecule has 2 N–H and O–H groups in total. The average Bonchev–Trinajstić information content (AvgIpc) is 2.67. The highest BCUT2D eigenvalue weighted by Crippen LogP contribution is 2.30. The van der Waals surface area contributed by atoms with Crippen molar-refractivity contribution in [2.45, 2.75) is 43.4 Å². The summed E-state index contributed by atoms with van der Waals surface area (Å²) in [4.78, 5) is 1.13. The van der Waals surface area contributed by atoms with Gasteiger partial charge in [0.05, 0.1) is 0 Å². The van der Waals surface area contributed by atoms with Gasteiger partial charge in [-0.3, -0.25) is 0 Å². The summed E-state index contributed by atoms with van der Waals surface area (Å²) in [5.74, 6) is 0.582. The SMILES string of the molecule is Cc1ccc(Sc2nnc(C)o2)c(CC(C)N)c1. The molecule has 0 radical (unpaired) electrons. The predicted molar refractivity (Wildman–Crippen MR) is 71.7 cm³/mol. The van der Waals surface area contributed by atoms with Crippen LogP contribution in [0.1, 0.15) is 23.9 Å².